The van der Waals surface area contributed by atoms with Crippen LogP contribution in [0.15, 0.2) is 18.2 Å². The van der Waals surface area contributed by atoms with E-state index in [4.69, 9.17) is 0 Å². The van der Waals surface area contributed by atoms with Gasteiger partial charge in [-0.05, 0) is 38.4 Å². The first-order chi connectivity index (χ1) is 9.09. The van der Waals surface area contributed by atoms with Crippen LogP contribution >= 0.6 is 0 Å². The number of halogens is 2. The summed E-state index contributed by atoms with van der Waals surface area (Å²) in [7, 11) is 0. The van der Waals surface area contributed by atoms with Gasteiger partial charge < -0.3 is 10.6 Å². The molecular formula is C14H18F2N2O. The molecule has 0 spiro atoms. The number of nitrogens with one attached hydrogen (secondary N) is 2. The summed E-state index contributed by atoms with van der Waals surface area (Å²) in [6.45, 7) is 3.13. The number of carbonyl (C=O) groups excluding carboxylic acids is 1. The maximum absolute atomic E-state index is 13.6. The highest BCUT2D eigenvalue weighted by Crippen LogP contribution is 2.21. The first kappa shape index (κ1) is 13.9. The van der Waals surface area contributed by atoms with Gasteiger partial charge in [-0.1, -0.05) is 6.07 Å². The van der Waals surface area contributed by atoms with Crippen LogP contribution in [-0.2, 0) is 4.79 Å². The molecule has 1 aliphatic rings. The highest BCUT2D eigenvalue weighted by molar-refractivity contribution is 5.79. The average molecular weight is 268 g/mol. The summed E-state index contributed by atoms with van der Waals surface area (Å²) in [4.78, 5) is 12.0. The monoisotopic (exact) mass is 268 g/mol. The molecule has 3 nitrogen and oxygen atoms in total. The van der Waals surface area contributed by atoms with Crippen molar-refractivity contribution in [2.45, 2.75) is 25.8 Å². The third kappa shape index (κ3) is 3.29. The smallest absolute Gasteiger partial charge is 0.224 e. The summed E-state index contributed by atoms with van der Waals surface area (Å²) in [5.74, 6) is -1.53. The van der Waals surface area contributed by atoms with Crippen molar-refractivity contribution in [2.75, 3.05) is 13.1 Å². The number of amides is 1. The topological polar surface area (TPSA) is 41.1 Å². The van der Waals surface area contributed by atoms with E-state index >= 15 is 0 Å². The summed E-state index contributed by atoms with van der Waals surface area (Å²) in [5, 5.41) is 5.83. The van der Waals surface area contributed by atoms with Gasteiger partial charge in [-0.3, -0.25) is 4.79 Å². The number of hydrogen-bond acceptors (Lipinski definition) is 2. The number of hydrogen-bond donors (Lipinski definition) is 2. The molecule has 1 aliphatic heterocycles. The lowest BCUT2D eigenvalue weighted by Gasteiger charge is -2.24. The average Bonchev–Trinajstić information content (AvgIpc) is 2.39. The van der Waals surface area contributed by atoms with Gasteiger partial charge in [0.05, 0.1) is 12.0 Å². The highest BCUT2D eigenvalue weighted by Gasteiger charge is 2.24. The Morgan fingerprint density at radius 1 is 1.42 bits per heavy atom. The predicted octanol–water partition coefficient (Wildman–Crippen LogP) is 2.14. The quantitative estimate of drug-likeness (QED) is 0.882. The van der Waals surface area contributed by atoms with Crippen LogP contribution in [0.2, 0.25) is 0 Å². The number of rotatable bonds is 3. The van der Waals surface area contributed by atoms with Crippen molar-refractivity contribution in [2.24, 2.45) is 5.92 Å². The van der Waals surface area contributed by atoms with Crippen molar-refractivity contribution in [1.82, 2.24) is 10.6 Å². The fourth-order valence-corrected chi connectivity index (χ4v) is 2.40. The van der Waals surface area contributed by atoms with E-state index in [1.54, 1.807) is 6.92 Å². The Morgan fingerprint density at radius 2 is 2.11 bits per heavy atom. The van der Waals surface area contributed by atoms with E-state index in [1.807, 2.05) is 0 Å². The van der Waals surface area contributed by atoms with Crippen LogP contribution in [-0.4, -0.2) is 19.0 Å². The maximum Gasteiger partial charge on any atom is 0.224 e. The number of carbonyl (C=O) groups is 1. The highest BCUT2D eigenvalue weighted by atomic mass is 19.1. The van der Waals surface area contributed by atoms with Crippen molar-refractivity contribution in [3.05, 3.63) is 35.4 Å². The van der Waals surface area contributed by atoms with E-state index in [9.17, 15) is 13.6 Å². The van der Waals surface area contributed by atoms with E-state index < -0.39 is 17.7 Å². The molecule has 0 saturated carbocycles. The van der Waals surface area contributed by atoms with Crippen LogP contribution < -0.4 is 10.6 Å². The third-order valence-corrected chi connectivity index (χ3v) is 3.46. The fraction of sp³-hybridized carbons (Fsp3) is 0.500. The zero-order valence-corrected chi connectivity index (χ0v) is 10.9. The molecule has 2 N–H and O–H groups in total. The molecule has 1 unspecified atom stereocenters. The molecule has 5 heteroatoms. The molecule has 1 heterocycles. The first-order valence-electron chi connectivity index (χ1n) is 6.54. The minimum atomic E-state index is -0.671. The normalized spacial score (nSPS) is 20.9. The van der Waals surface area contributed by atoms with E-state index in [-0.39, 0.29) is 17.4 Å². The van der Waals surface area contributed by atoms with Crippen molar-refractivity contribution in [3.8, 4) is 0 Å². The van der Waals surface area contributed by atoms with Crippen LogP contribution in [0.3, 0.4) is 0 Å². The standard InChI is InChI=1S/C14H18F2N2O/c1-9(13-11(15)5-2-6-12(13)16)18-14(19)10-4-3-7-17-8-10/h2,5-6,9-10,17H,3-4,7-8H2,1H3,(H,18,19)/t9?,10-/m1/s1. The predicted molar refractivity (Wildman–Crippen MR) is 68.5 cm³/mol. The van der Waals surface area contributed by atoms with Crippen LogP contribution in [0.25, 0.3) is 0 Å². The molecule has 19 heavy (non-hydrogen) atoms. The second kappa shape index (κ2) is 6.10. The van der Waals surface area contributed by atoms with E-state index in [0.717, 1.165) is 19.4 Å². The summed E-state index contributed by atoms with van der Waals surface area (Å²) < 4.78 is 27.2. The van der Waals surface area contributed by atoms with Crippen molar-refractivity contribution < 1.29 is 13.6 Å². The molecule has 1 aromatic rings. The summed E-state index contributed by atoms with van der Waals surface area (Å²) in [5.41, 5.74) is -0.0837. The van der Waals surface area contributed by atoms with Crippen molar-refractivity contribution >= 4 is 5.91 Å². The number of benzene rings is 1. The van der Waals surface area contributed by atoms with Gasteiger partial charge in [-0.25, -0.2) is 8.78 Å². The van der Waals surface area contributed by atoms with Crippen LogP contribution in [0.1, 0.15) is 31.4 Å². The molecule has 1 saturated heterocycles. The Hall–Kier alpha value is -1.49. The molecular weight excluding hydrogens is 250 g/mol. The SMILES string of the molecule is CC(NC(=O)[C@@H]1CCCNC1)c1c(F)cccc1F. The first-order valence-corrected chi connectivity index (χ1v) is 6.54. The molecule has 2 rings (SSSR count). The van der Waals surface area contributed by atoms with Gasteiger partial charge in [-0.2, -0.15) is 0 Å². The van der Waals surface area contributed by atoms with Crippen molar-refractivity contribution in [3.63, 3.8) is 0 Å². The lowest BCUT2D eigenvalue weighted by atomic mass is 9.97. The Labute approximate surface area is 111 Å². The van der Waals surface area contributed by atoms with Gasteiger partial charge in [0.1, 0.15) is 11.6 Å². The molecule has 0 aromatic heterocycles. The molecule has 1 amide bonds. The third-order valence-electron chi connectivity index (χ3n) is 3.46. The second-order valence-electron chi connectivity index (χ2n) is 4.91. The number of piperidine rings is 1. The van der Waals surface area contributed by atoms with E-state index in [1.165, 1.54) is 18.2 Å². The van der Waals surface area contributed by atoms with Crippen LogP contribution in [0.4, 0.5) is 8.78 Å². The van der Waals surface area contributed by atoms with Gasteiger partial charge in [0, 0.05) is 12.1 Å². The van der Waals surface area contributed by atoms with Gasteiger partial charge >= 0.3 is 0 Å². The largest absolute Gasteiger partial charge is 0.349 e. The van der Waals surface area contributed by atoms with Crippen molar-refractivity contribution in [1.29, 1.82) is 0 Å². The molecule has 0 bridgehead atoms. The van der Waals surface area contributed by atoms with E-state index in [2.05, 4.69) is 10.6 Å². The lowest BCUT2D eigenvalue weighted by molar-refractivity contribution is -0.126. The lowest BCUT2D eigenvalue weighted by Crippen LogP contribution is -2.41. The van der Waals surface area contributed by atoms with Crippen LogP contribution in [0.5, 0.6) is 0 Å². The molecule has 1 aromatic carbocycles. The zero-order chi connectivity index (χ0) is 13.8. The second-order valence-corrected chi connectivity index (χ2v) is 4.91. The Bertz CT molecular complexity index is 439. The molecule has 1 fully saturated rings. The fourth-order valence-electron chi connectivity index (χ4n) is 2.40. The van der Waals surface area contributed by atoms with E-state index in [0.29, 0.717) is 6.54 Å². The minimum absolute atomic E-state index is 0.0837. The molecule has 2 atom stereocenters. The summed E-state index contributed by atoms with van der Waals surface area (Å²) >= 11 is 0. The van der Waals surface area contributed by atoms with Gasteiger partial charge in [-0.15, -0.1) is 0 Å². The minimum Gasteiger partial charge on any atom is -0.349 e. The van der Waals surface area contributed by atoms with Gasteiger partial charge in [0.25, 0.3) is 0 Å². The van der Waals surface area contributed by atoms with Gasteiger partial charge in [0.15, 0.2) is 0 Å². The maximum atomic E-state index is 13.6. The molecule has 0 radical (unpaired) electrons. The zero-order valence-electron chi connectivity index (χ0n) is 10.9. The summed E-state index contributed by atoms with van der Waals surface area (Å²) in [6, 6.07) is 3.04. The molecule has 0 aliphatic carbocycles. The summed E-state index contributed by atoms with van der Waals surface area (Å²) in [6.07, 6.45) is 1.76. The Kier molecular flexibility index (Phi) is 4.47. The van der Waals surface area contributed by atoms with Gasteiger partial charge in [0.2, 0.25) is 5.91 Å². The molecule has 104 valence electrons. The Balaban J connectivity index is 2.04. The Morgan fingerprint density at radius 3 is 2.68 bits per heavy atom. The van der Waals surface area contributed by atoms with Crippen LogP contribution in [0, 0.1) is 17.6 Å².